The number of rotatable bonds is 9. The van der Waals surface area contributed by atoms with Gasteiger partial charge in [0.25, 0.3) is 0 Å². The summed E-state index contributed by atoms with van der Waals surface area (Å²) in [6, 6.07) is 6.44. The van der Waals surface area contributed by atoms with Gasteiger partial charge in [-0.3, -0.25) is 9.36 Å². The number of ether oxygens (including phenoxy) is 1. The lowest BCUT2D eigenvalue weighted by atomic mass is 10.1. The summed E-state index contributed by atoms with van der Waals surface area (Å²) in [6.07, 6.45) is 8.94. The maximum absolute atomic E-state index is 12.4. The van der Waals surface area contributed by atoms with Crippen LogP contribution in [-0.2, 0) is 17.9 Å². The van der Waals surface area contributed by atoms with E-state index in [2.05, 4.69) is 42.0 Å². The zero-order valence-electron chi connectivity index (χ0n) is 18.0. The lowest BCUT2D eigenvalue weighted by Crippen LogP contribution is -2.35. The van der Waals surface area contributed by atoms with E-state index in [0.29, 0.717) is 30.1 Å². The number of hydrogen-bond donors (Lipinski definition) is 1. The molecular weight excluding hydrogens is 396 g/mol. The quantitative estimate of drug-likeness (QED) is 0.359. The van der Waals surface area contributed by atoms with Crippen LogP contribution < -0.4 is 10.1 Å². The van der Waals surface area contributed by atoms with Crippen molar-refractivity contribution in [3.05, 3.63) is 47.8 Å². The SMILES string of the molecule is C=CCn1c(COc2cc(C)cc(C)c2)nnc1SCC(=O)NC1CCCCCC1. The Hall–Kier alpha value is -2.28. The zero-order chi connectivity index (χ0) is 21.3. The monoisotopic (exact) mass is 428 g/mol. The average molecular weight is 429 g/mol. The van der Waals surface area contributed by atoms with E-state index in [1.165, 1.54) is 37.4 Å². The van der Waals surface area contributed by atoms with Crippen LogP contribution in [0.2, 0.25) is 0 Å². The molecule has 1 fully saturated rings. The van der Waals surface area contributed by atoms with Crippen molar-refractivity contribution in [1.29, 1.82) is 0 Å². The summed E-state index contributed by atoms with van der Waals surface area (Å²) in [5.41, 5.74) is 2.32. The molecule has 7 heteroatoms. The van der Waals surface area contributed by atoms with Crippen LogP contribution >= 0.6 is 11.8 Å². The summed E-state index contributed by atoms with van der Waals surface area (Å²) in [6.45, 7) is 8.83. The molecule has 2 aromatic rings. The van der Waals surface area contributed by atoms with E-state index in [4.69, 9.17) is 4.74 Å². The molecule has 1 N–H and O–H groups in total. The molecular formula is C23H32N4O2S. The van der Waals surface area contributed by atoms with Crippen LogP contribution in [0.1, 0.15) is 55.5 Å². The normalized spacial score (nSPS) is 14.9. The van der Waals surface area contributed by atoms with Gasteiger partial charge in [-0.25, -0.2) is 0 Å². The minimum Gasteiger partial charge on any atom is -0.486 e. The molecule has 30 heavy (non-hydrogen) atoms. The number of aryl methyl sites for hydroxylation is 2. The van der Waals surface area contributed by atoms with Crippen LogP contribution in [0.25, 0.3) is 0 Å². The third-order valence-electron chi connectivity index (χ3n) is 5.22. The number of hydrogen-bond acceptors (Lipinski definition) is 5. The summed E-state index contributed by atoms with van der Waals surface area (Å²) < 4.78 is 7.90. The Morgan fingerprint density at radius 3 is 2.57 bits per heavy atom. The summed E-state index contributed by atoms with van der Waals surface area (Å²) in [4.78, 5) is 12.4. The van der Waals surface area contributed by atoms with Gasteiger partial charge in [-0.2, -0.15) is 0 Å². The second-order valence-electron chi connectivity index (χ2n) is 7.95. The van der Waals surface area contributed by atoms with E-state index >= 15 is 0 Å². The summed E-state index contributed by atoms with van der Waals surface area (Å²) in [5, 5.41) is 12.5. The highest BCUT2D eigenvalue weighted by Crippen LogP contribution is 2.21. The minimum atomic E-state index is 0.0630. The smallest absolute Gasteiger partial charge is 0.230 e. The Kier molecular flexibility index (Phi) is 8.37. The van der Waals surface area contributed by atoms with Crippen molar-refractivity contribution in [3.63, 3.8) is 0 Å². The topological polar surface area (TPSA) is 69.0 Å². The van der Waals surface area contributed by atoms with Crippen LogP contribution in [0, 0.1) is 13.8 Å². The summed E-state index contributed by atoms with van der Waals surface area (Å²) in [5.74, 6) is 1.94. The Labute approximate surface area is 183 Å². The maximum Gasteiger partial charge on any atom is 0.230 e. The van der Waals surface area contributed by atoms with E-state index in [1.807, 2.05) is 16.7 Å². The van der Waals surface area contributed by atoms with Crippen molar-refractivity contribution >= 4 is 17.7 Å². The Balaban J connectivity index is 1.57. The van der Waals surface area contributed by atoms with E-state index in [9.17, 15) is 4.79 Å². The number of benzene rings is 1. The van der Waals surface area contributed by atoms with Crippen molar-refractivity contribution in [2.45, 2.75) is 76.7 Å². The molecule has 6 nitrogen and oxygen atoms in total. The highest BCUT2D eigenvalue weighted by molar-refractivity contribution is 7.99. The minimum absolute atomic E-state index is 0.0630. The van der Waals surface area contributed by atoms with Crippen molar-refractivity contribution < 1.29 is 9.53 Å². The molecule has 1 aliphatic rings. The molecule has 1 saturated carbocycles. The first-order valence-electron chi connectivity index (χ1n) is 10.7. The van der Waals surface area contributed by atoms with Crippen molar-refractivity contribution in [1.82, 2.24) is 20.1 Å². The van der Waals surface area contributed by atoms with Crippen LogP contribution in [-0.4, -0.2) is 32.5 Å². The zero-order valence-corrected chi connectivity index (χ0v) is 18.8. The summed E-state index contributed by atoms with van der Waals surface area (Å²) in [7, 11) is 0. The number of nitrogens with zero attached hydrogens (tertiary/aromatic N) is 3. The van der Waals surface area contributed by atoms with Gasteiger partial charge in [0.2, 0.25) is 5.91 Å². The van der Waals surface area contributed by atoms with Gasteiger partial charge in [-0.15, -0.1) is 16.8 Å². The fourth-order valence-electron chi connectivity index (χ4n) is 3.83. The Morgan fingerprint density at radius 1 is 1.20 bits per heavy atom. The van der Waals surface area contributed by atoms with Crippen molar-refractivity contribution in [2.75, 3.05) is 5.75 Å². The van der Waals surface area contributed by atoms with Crippen molar-refractivity contribution in [3.8, 4) is 5.75 Å². The molecule has 0 bridgehead atoms. The van der Waals surface area contributed by atoms with Crippen LogP contribution in [0.5, 0.6) is 5.75 Å². The predicted octanol–water partition coefficient (Wildman–Crippen LogP) is 4.59. The number of carbonyl (C=O) groups excluding carboxylic acids is 1. The lowest BCUT2D eigenvalue weighted by molar-refractivity contribution is -0.119. The number of aromatic nitrogens is 3. The molecule has 0 saturated heterocycles. The Bertz CT molecular complexity index is 837. The third kappa shape index (κ3) is 6.62. The van der Waals surface area contributed by atoms with Crippen LogP contribution in [0.4, 0.5) is 0 Å². The average Bonchev–Trinajstić information content (AvgIpc) is 2.89. The van der Waals surface area contributed by atoms with Crippen LogP contribution in [0.3, 0.4) is 0 Å². The van der Waals surface area contributed by atoms with E-state index in [-0.39, 0.29) is 5.91 Å². The highest BCUT2D eigenvalue weighted by atomic mass is 32.2. The third-order valence-corrected chi connectivity index (χ3v) is 6.19. The molecule has 1 heterocycles. The molecule has 0 radical (unpaired) electrons. The standard InChI is InChI=1S/C23H32N4O2S/c1-4-11-27-21(15-29-20-13-17(2)12-18(3)14-20)25-26-23(27)30-16-22(28)24-19-9-7-5-6-8-10-19/h4,12-14,19H,1,5-11,15-16H2,2-3H3,(H,24,28). The van der Waals surface area contributed by atoms with Gasteiger partial charge in [0.05, 0.1) is 5.75 Å². The number of nitrogens with one attached hydrogen (secondary N) is 1. The fourth-order valence-corrected chi connectivity index (χ4v) is 4.61. The van der Waals surface area contributed by atoms with Gasteiger partial charge < -0.3 is 10.1 Å². The molecule has 0 spiro atoms. The van der Waals surface area contributed by atoms with Gasteiger partial charge in [-0.05, 0) is 49.9 Å². The summed E-state index contributed by atoms with van der Waals surface area (Å²) >= 11 is 1.41. The van der Waals surface area contributed by atoms with Gasteiger partial charge >= 0.3 is 0 Å². The second-order valence-corrected chi connectivity index (χ2v) is 8.90. The molecule has 1 amide bonds. The molecule has 0 unspecified atom stereocenters. The van der Waals surface area contributed by atoms with E-state index in [0.717, 1.165) is 35.5 Å². The molecule has 0 atom stereocenters. The predicted molar refractivity (Wildman–Crippen MR) is 121 cm³/mol. The largest absolute Gasteiger partial charge is 0.486 e. The number of thioether (sulfide) groups is 1. The highest BCUT2D eigenvalue weighted by Gasteiger charge is 2.17. The fraction of sp³-hybridized carbons (Fsp3) is 0.522. The van der Waals surface area contributed by atoms with Gasteiger partial charge in [0.15, 0.2) is 11.0 Å². The molecule has 1 aliphatic carbocycles. The first-order chi connectivity index (χ1) is 14.5. The first-order valence-corrected chi connectivity index (χ1v) is 11.7. The van der Waals surface area contributed by atoms with Gasteiger partial charge in [0.1, 0.15) is 12.4 Å². The second kappa shape index (κ2) is 11.2. The van der Waals surface area contributed by atoms with Gasteiger partial charge in [0, 0.05) is 12.6 Å². The van der Waals surface area contributed by atoms with Crippen molar-refractivity contribution in [2.24, 2.45) is 0 Å². The lowest BCUT2D eigenvalue weighted by Gasteiger charge is -2.16. The molecule has 1 aromatic heterocycles. The maximum atomic E-state index is 12.4. The van der Waals surface area contributed by atoms with E-state index < -0.39 is 0 Å². The van der Waals surface area contributed by atoms with Gasteiger partial charge in [-0.1, -0.05) is 49.6 Å². The molecule has 162 valence electrons. The molecule has 0 aliphatic heterocycles. The Morgan fingerprint density at radius 2 is 1.90 bits per heavy atom. The molecule has 1 aromatic carbocycles. The number of carbonyl (C=O) groups is 1. The number of allylic oxidation sites excluding steroid dienone is 1. The number of amides is 1. The van der Waals surface area contributed by atoms with E-state index in [1.54, 1.807) is 6.08 Å². The first kappa shape index (κ1) is 22.4. The molecule has 3 rings (SSSR count). The van der Waals surface area contributed by atoms with Crippen LogP contribution in [0.15, 0.2) is 36.0 Å².